The molecule has 166 valence electrons. The number of methoxy groups -OCH3 is 1. The number of fused-ring (bicyclic) bond motifs is 1. The van der Waals surface area contributed by atoms with Gasteiger partial charge in [0.1, 0.15) is 11.6 Å². The first kappa shape index (κ1) is 20.7. The highest BCUT2D eigenvalue weighted by Crippen LogP contribution is 2.30. The van der Waals surface area contributed by atoms with Crippen LogP contribution in [-0.2, 0) is 24.1 Å². The van der Waals surface area contributed by atoms with Gasteiger partial charge in [0.15, 0.2) is 0 Å². The summed E-state index contributed by atoms with van der Waals surface area (Å²) in [4.78, 5) is 4.31. The Labute approximate surface area is 187 Å². The van der Waals surface area contributed by atoms with Crippen LogP contribution in [0.1, 0.15) is 29.7 Å². The van der Waals surface area contributed by atoms with Crippen molar-refractivity contribution in [2.75, 3.05) is 33.4 Å². The Hall–Kier alpha value is -3.22. The Balaban J connectivity index is 1.51. The minimum Gasteiger partial charge on any atom is -0.480 e. The summed E-state index contributed by atoms with van der Waals surface area (Å²) in [6.07, 6.45) is 9.69. The van der Waals surface area contributed by atoms with Gasteiger partial charge in [-0.3, -0.25) is 4.68 Å². The lowest BCUT2D eigenvalue weighted by molar-refractivity contribution is 0.145. The molecule has 1 N–H and O–H groups in total. The molecule has 2 aliphatic rings. The van der Waals surface area contributed by atoms with E-state index in [1.165, 1.54) is 25.5 Å². The van der Waals surface area contributed by atoms with Crippen LogP contribution in [0.3, 0.4) is 0 Å². The number of ether oxygens (including phenoxy) is 2. The van der Waals surface area contributed by atoms with E-state index >= 15 is 0 Å². The molecule has 0 spiro atoms. The molecule has 5 rings (SSSR count). The summed E-state index contributed by atoms with van der Waals surface area (Å²) >= 11 is 0. The fraction of sp³-hybridized carbons (Fsp3) is 0.478. The van der Waals surface area contributed by atoms with Crippen LogP contribution in [-0.4, -0.2) is 58.0 Å². The number of nitrogens with zero attached hydrogens (tertiary/aromatic N) is 6. The van der Waals surface area contributed by atoms with Crippen LogP contribution in [0.4, 0.5) is 0 Å². The van der Waals surface area contributed by atoms with Crippen molar-refractivity contribution in [1.29, 1.82) is 5.26 Å². The summed E-state index contributed by atoms with van der Waals surface area (Å²) in [5, 5.41) is 22.6. The number of hydrogen-bond acceptors (Lipinski definition) is 7. The maximum absolute atomic E-state index is 9.49. The molecule has 9 heteroatoms. The van der Waals surface area contributed by atoms with E-state index < -0.39 is 0 Å². The van der Waals surface area contributed by atoms with Crippen LogP contribution < -0.4 is 10.1 Å². The van der Waals surface area contributed by atoms with Gasteiger partial charge in [-0.2, -0.15) is 15.5 Å². The largest absolute Gasteiger partial charge is 0.480 e. The van der Waals surface area contributed by atoms with E-state index in [9.17, 15) is 5.26 Å². The first-order valence-corrected chi connectivity index (χ1v) is 11.1. The van der Waals surface area contributed by atoms with E-state index in [2.05, 4.69) is 27.7 Å². The van der Waals surface area contributed by atoms with Gasteiger partial charge in [0.25, 0.3) is 0 Å². The molecule has 0 bridgehead atoms. The second kappa shape index (κ2) is 9.10. The highest BCUT2D eigenvalue weighted by atomic mass is 16.5. The zero-order valence-electron chi connectivity index (χ0n) is 18.3. The lowest BCUT2D eigenvalue weighted by Gasteiger charge is -2.22. The second-order valence-corrected chi connectivity index (χ2v) is 8.32. The molecule has 0 amide bonds. The zero-order chi connectivity index (χ0) is 21.9. The van der Waals surface area contributed by atoms with Crippen molar-refractivity contribution in [3.05, 3.63) is 41.5 Å². The Bertz CT molecular complexity index is 1140. The van der Waals surface area contributed by atoms with Crippen LogP contribution in [0.2, 0.25) is 0 Å². The van der Waals surface area contributed by atoms with Gasteiger partial charge in [-0.25, -0.2) is 9.67 Å². The van der Waals surface area contributed by atoms with Crippen LogP contribution in [0.15, 0.2) is 24.7 Å². The van der Waals surface area contributed by atoms with Crippen molar-refractivity contribution < 1.29 is 9.47 Å². The quantitative estimate of drug-likeness (QED) is 0.657. The minimum atomic E-state index is 0.316. The van der Waals surface area contributed by atoms with Crippen molar-refractivity contribution in [3.63, 3.8) is 0 Å². The summed E-state index contributed by atoms with van der Waals surface area (Å²) < 4.78 is 14.9. The molecule has 1 unspecified atom stereocenters. The molecule has 2 aliphatic heterocycles. The fourth-order valence-corrected chi connectivity index (χ4v) is 4.63. The van der Waals surface area contributed by atoms with Crippen LogP contribution in [0.25, 0.3) is 16.9 Å². The number of pyridine rings is 1. The lowest BCUT2D eigenvalue weighted by atomic mass is 10.00. The van der Waals surface area contributed by atoms with E-state index in [1.807, 2.05) is 15.6 Å². The highest BCUT2D eigenvalue weighted by molar-refractivity contribution is 5.64. The average Bonchev–Trinajstić information content (AvgIpc) is 3.35. The molecule has 5 heterocycles. The maximum Gasteiger partial charge on any atom is 0.231 e. The molecule has 1 fully saturated rings. The van der Waals surface area contributed by atoms with Crippen molar-refractivity contribution in [2.45, 2.75) is 32.2 Å². The SMILES string of the molecule is COc1ncc(-n2nc(-c3cnn(CC4CCCNC4)c3)c3c2CCOCC3)cc1C#N. The third-order valence-electron chi connectivity index (χ3n) is 6.22. The molecule has 3 aromatic rings. The summed E-state index contributed by atoms with van der Waals surface area (Å²) in [6, 6.07) is 3.93. The Morgan fingerprint density at radius 2 is 2.22 bits per heavy atom. The molecular formula is C23H27N7O2. The van der Waals surface area contributed by atoms with Crippen molar-refractivity contribution in [1.82, 2.24) is 29.9 Å². The summed E-state index contributed by atoms with van der Waals surface area (Å²) in [5.74, 6) is 0.922. The molecule has 1 saturated heterocycles. The molecular weight excluding hydrogens is 406 g/mol. The molecule has 0 saturated carbocycles. The smallest absolute Gasteiger partial charge is 0.231 e. The Morgan fingerprint density at radius 1 is 1.31 bits per heavy atom. The van der Waals surface area contributed by atoms with Crippen LogP contribution in [0.5, 0.6) is 5.88 Å². The van der Waals surface area contributed by atoms with Crippen molar-refractivity contribution in [2.24, 2.45) is 5.92 Å². The van der Waals surface area contributed by atoms with Gasteiger partial charge >= 0.3 is 0 Å². The van der Waals surface area contributed by atoms with Gasteiger partial charge in [0, 0.05) is 30.3 Å². The maximum atomic E-state index is 9.49. The van der Waals surface area contributed by atoms with Gasteiger partial charge in [0.05, 0.1) is 49.8 Å². The van der Waals surface area contributed by atoms with Crippen molar-refractivity contribution in [3.8, 4) is 28.9 Å². The molecule has 0 radical (unpaired) electrons. The van der Waals surface area contributed by atoms with Crippen LogP contribution >= 0.6 is 0 Å². The van der Waals surface area contributed by atoms with Gasteiger partial charge < -0.3 is 14.8 Å². The minimum absolute atomic E-state index is 0.316. The van der Waals surface area contributed by atoms with E-state index in [1.54, 1.807) is 12.3 Å². The summed E-state index contributed by atoms with van der Waals surface area (Å²) in [5.41, 5.74) is 5.33. The third-order valence-corrected chi connectivity index (χ3v) is 6.22. The predicted molar refractivity (Wildman–Crippen MR) is 118 cm³/mol. The van der Waals surface area contributed by atoms with Gasteiger partial charge in [-0.15, -0.1) is 0 Å². The first-order valence-electron chi connectivity index (χ1n) is 11.1. The van der Waals surface area contributed by atoms with Crippen molar-refractivity contribution >= 4 is 0 Å². The fourth-order valence-electron chi connectivity index (χ4n) is 4.63. The second-order valence-electron chi connectivity index (χ2n) is 8.32. The van der Waals surface area contributed by atoms with E-state index in [-0.39, 0.29) is 0 Å². The standard InChI is InChI=1S/C23H27N7O2/c1-31-23-17(10-24)9-19(13-26-23)30-21-5-8-32-7-4-20(21)22(28-30)18-12-27-29(15-18)14-16-3-2-6-25-11-16/h9,12-13,15-16,25H,2-8,11,14H2,1H3. The molecule has 1 atom stereocenters. The number of hydrogen-bond donors (Lipinski definition) is 1. The molecule has 0 aliphatic carbocycles. The molecule has 0 aromatic carbocycles. The zero-order valence-corrected chi connectivity index (χ0v) is 18.3. The lowest BCUT2D eigenvalue weighted by Crippen LogP contribution is -2.32. The molecule has 3 aromatic heterocycles. The number of nitrogens with one attached hydrogen (secondary N) is 1. The normalized spacial score (nSPS) is 18.6. The van der Waals surface area contributed by atoms with E-state index in [0.717, 1.165) is 55.1 Å². The monoisotopic (exact) mass is 433 g/mol. The Kier molecular flexibility index (Phi) is 5.88. The van der Waals surface area contributed by atoms with Gasteiger partial charge in [-0.1, -0.05) is 0 Å². The predicted octanol–water partition coefficient (Wildman–Crippen LogP) is 2.13. The van der Waals surface area contributed by atoms with E-state index in [4.69, 9.17) is 14.6 Å². The third kappa shape index (κ3) is 3.99. The number of rotatable bonds is 5. The van der Waals surface area contributed by atoms with Gasteiger partial charge in [0.2, 0.25) is 5.88 Å². The van der Waals surface area contributed by atoms with Gasteiger partial charge in [-0.05, 0) is 44.3 Å². The van der Waals surface area contributed by atoms with E-state index in [0.29, 0.717) is 30.6 Å². The first-order chi connectivity index (χ1) is 15.8. The summed E-state index contributed by atoms with van der Waals surface area (Å²) in [7, 11) is 1.51. The highest BCUT2D eigenvalue weighted by Gasteiger charge is 2.24. The number of aromatic nitrogens is 5. The Morgan fingerprint density at radius 3 is 3.03 bits per heavy atom. The molecule has 9 nitrogen and oxygen atoms in total. The number of nitriles is 1. The molecule has 32 heavy (non-hydrogen) atoms. The summed E-state index contributed by atoms with van der Waals surface area (Å²) in [6.45, 7) is 4.37. The topological polar surface area (TPSA) is 103 Å². The number of piperidine rings is 1. The van der Waals surface area contributed by atoms with Crippen LogP contribution in [0, 0.1) is 17.2 Å². The average molecular weight is 434 g/mol.